The van der Waals surface area contributed by atoms with E-state index in [4.69, 9.17) is 0 Å². The van der Waals surface area contributed by atoms with Gasteiger partial charge in [0.2, 0.25) is 11.8 Å². The maximum absolute atomic E-state index is 13.5. The van der Waals surface area contributed by atoms with E-state index in [0.29, 0.717) is 51.0 Å². The summed E-state index contributed by atoms with van der Waals surface area (Å²) >= 11 is 0. The van der Waals surface area contributed by atoms with E-state index in [1.165, 1.54) is 6.07 Å². The molecule has 0 aromatic heterocycles. The number of benzene rings is 1. The van der Waals surface area contributed by atoms with Crippen LogP contribution in [0, 0.1) is 5.82 Å². The van der Waals surface area contributed by atoms with Crippen molar-refractivity contribution < 1.29 is 14.0 Å². The monoisotopic (exact) mass is 306 g/mol. The van der Waals surface area contributed by atoms with E-state index in [-0.39, 0.29) is 17.6 Å². The van der Waals surface area contributed by atoms with Gasteiger partial charge in [0, 0.05) is 39.0 Å². The van der Waals surface area contributed by atoms with Crippen LogP contribution in [0.25, 0.3) is 0 Å². The third-order valence-corrected chi connectivity index (χ3v) is 4.01. The van der Waals surface area contributed by atoms with Crippen LogP contribution in [0.4, 0.5) is 4.39 Å². The molecule has 4 nitrogen and oxygen atoms in total. The second kappa shape index (κ2) is 7.92. The van der Waals surface area contributed by atoms with E-state index in [0.717, 1.165) is 6.42 Å². The summed E-state index contributed by atoms with van der Waals surface area (Å²) < 4.78 is 13.5. The third-order valence-electron chi connectivity index (χ3n) is 4.01. The minimum Gasteiger partial charge on any atom is -0.339 e. The van der Waals surface area contributed by atoms with Gasteiger partial charge in [0.1, 0.15) is 5.82 Å². The molecule has 1 heterocycles. The number of halogens is 1. The maximum atomic E-state index is 13.5. The van der Waals surface area contributed by atoms with Gasteiger partial charge in [-0.2, -0.15) is 0 Å². The van der Waals surface area contributed by atoms with Crippen LogP contribution in [-0.4, -0.2) is 47.8 Å². The van der Waals surface area contributed by atoms with Gasteiger partial charge in [-0.3, -0.25) is 9.59 Å². The van der Waals surface area contributed by atoms with Crippen LogP contribution < -0.4 is 0 Å². The highest BCUT2D eigenvalue weighted by atomic mass is 19.1. The van der Waals surface area contributed by atoms with Crippen LogP contribution in [0.3, 0.4) is 0 Å². The van der Waals surface area contributed by atoms with Crippen molar-refractivity contribution in [3.8, 4) is 0 Å². The fourth-order valence-electron chi connectivity index (χ4n) is 2.68. The number of piperazine rings is 1. The van der Waals surface area contributed by atoms with Gasteiger partial charge >= 0.3 is 0 Å². The van der Waals surface area contributed by atoms with Crippen LogP contribution in [0.1, 0.15) is 31.7 Å². The predicted octanol–water partition coefficient (Wildman–Crippen LogP) is 2.23. The molecule has 0 saturated carbocycles. The molecule has 1 aliphatic heterocycles. The highest BCUT2D eigenvalue weighted by molar-refractivity contribution is 5.78. The number of rotatable bonds is 5. The van der Waals surface area contributed by atoms with Gasteiger partial charge in [0.25, 0.3) is 0 Å². The highest BCUT2D eigenvalue weighted by Gasteiger charge is 2.23. The number of carbonyl (C=O) groups is 2. The zero-order valence-corrected chi connectivity index (χ0v) is 13.1. The summed E-state index contributed by atoms with van der Waals surface area (Å²) in [5.41, 5.74) is 0.576. The van der Waals surface area contributed by atoms with E-state index in [2.05, 4.69) is 0 Å². The first-order chi connectivity index (χ1) is 10.6. The molecule has 0 atom stereocenters. The Morgan fingerprint density at radius 3 is 2.09 bits per heavy atom. The van der Waals surface area contributed by atoms with Crippen LogP contribution in [0.15, 0.2) is 24.3 Å². The van der Waals surface area contributed by atoms with Crippen LogP contribution in [0.2, 0.25) is 0 Å². The van der Waals surface area contributed by atoms with Crippen molar-refractivity contribution >= 4 is 11.8 Å². The smallest absolute Gasteiger partial charge is 0.223 e. The Balaban J connectivity index is 1.78. The lowest BCUT2D eigenvalue weighted by atomic mass is 10.1. The molecule has 120 valence electrons. The van der Waals surface area contributed by atoms with Crippen molar-refractivity contribution in [2.75, 3.05) is 26.2 Å². The SMILES string of the molecule is CCCC(=O)N1CCN(C(=O)CCc2ccccc2F)CC1. The van der Waals surface area contributed by atoms with Crippen molar-refractivity contribution in [1.29, 1.82) is 0 Å². The zero-order valence-electron chi connectivity index (χ0n) is 13.1. The molecule has 22 heavy (non-hydrogen) atoms. The summed E-state index contributed by atoms with van der Waals surface area (Å²) in [6.07, 6.45) is 2.15. The fourth-order valence-corrected chi connectivity index (χ4v) is 2.68. The first-order valence-electron chi connectivity index (χ1n) is 7.90. The molecular weight excluding hydrogens is 283 g/mol. The molecule has 0 unspecified atom stereocenters. The Bertz CT molecular complexity index is 525. The molecule has 5 heteroatoms. The molecular formula is C17H23FN2O2. The van der Waals surface area contributed by atoms with Gasteiger partial charge in [-0.15, -0.1) is 0 Å². The quantitative estimate of drug-likeness (QED) is 0.837. The van der Waals surface area contributed by atoms with Crippen molar-refractivity contribution in [2.45, 2.75) is 32.6 Å². The predicted molar refractivity (Wildman–Crippen MR) is 82.8 cm³/mol. The van der Waals surface area contributed by atoms with Crippen LogP contribution >= 0.6 is 0 Å². The summed E-state index contributed by atoms with van der Waals surface area (Å²) in [4.78, 5) is 27.6. The van der Waals surface area contributed by atoms with E-state index < -0.39 is 0 Å². The van der Waals surface area contributed by atoms with Gasteiger partial charge in [-0.25, -0.2) is 4.39 Å². The Hall–Kier alpha value is -1.91. The average molecular weight is 306 g/mol. The molecule has 1 aliphatic rings. The molecule has 1 fully saturated rings. The Morgan fingerprint density at radius 2 is 1.55 bits per heavy atom. The molecule has 0 N–H and O–H groups in total. The molecule has 2 rings (SSSR count). The minimum atomic E-state index is -0.259. The second-order valence-corrected chi connectivity index (χ2v) is 5.60. The number of aryl methyl sites for hydroxylation is 1. The number of hydrogen-bond donors (Lipinski definition) is 0. The molecule has 2 amide bonds. The van der Waals surface area contributed by atoms with E-state index >= 15 is 0 Å². The van der Waals surface area contributed by atoms with E-state index in [1.54, 1.807) is 23.1 Å². The number of carbonyl (C=O) groups excluding carboxylic acids is 2. The molecule has 0 bridgehead atoms. The van der Waals surface area contributed by atoms with E-state index in [9.17, 15) is 14.0 Å². The van der Waals surface area contributed by atoms with Crippen LogP contribution in [0.5, 0.6) is 0 Å². The molecule has 1 saturated heterocycles. The third kappa shape index (κ3) is 4.29. The first-order valence-corrected chi connectivity index (χ1v) is 7.90. The minimum absolute atomic E-state index is 0.0332. The van der Waals surface area contributed by atoms with E-state index in [1.807, 2.05) is 11.8 Å². The number of amides is 2. The second-order valence-electron chi connectivity index (χ2n) is 5.60. The van der Waals surface area contributed by atoms with Crippen molar-refractivity contribution in [3.63, 3.8) is 0 Å². The number of nitrogens with zero attached hydrogens (tertiary/aromatic N) is 2. The average Bonchev–Trinajstić information content (AvgIpc) is 2.54. The normalized spacial score (nSPS) is 15.0. The Labute approximate surface area is 130 Å². The summed E-state index contributed by atoms with van der Waals surface area (Å²) in [5.74, 6) is -0.0583. The summed E-state index contributed by atoms with van der Waals surface area (Å²) in [6.45, 7) is 4.34. The lowest BCUT2D eigenvalue weighted by molar-refractivity contribution is -0.139. The Morgan fingerprint density at radius 1 is 1.00 bits per heavy atom. The van der Waals surface area contributed by atoms with Gasteiger partial charge in [0.05, 0.1) is 0 Å². The topological polar surface area (TPSA) is 40.6 Å². The van der Waals surface area contributed by atoms with Gasteiger partial charge < -0.3 is 9.80 Å². The van der Waals surface area contributed by atoms with Crippen molar-refractivity contribution in [3.05, 3.63) is 35.6 Å². The Kier molecular flexibility index (Phi) is 5.92. The summed E-state index contributed by atoms with van der Waals surface area (Å²) in [6, 6.07) is 6.55. The van der Waals surface area contributed by atoms with Gasteiger partial charge in [-0.1, -0.05) is 25.1 Å². The molecule has 0 spiro atoms. The molecule has 1 aromatic carbocycles. The summed E-state index contributed by atoms with van der Waals surface area (Å²) in [7, 11) is 0. The van der Waals surface area contributed by atoms with Gasteiger partial charge in [-0.05, 0) is 24.5 Å². The zero-order chi connectivity index (χ0) is 15.9. The van der Waals surface area contributed by atoms with Gasteiger partial charge in [0.15, 0.2) is 0 Å². The first kappa shape index (κ1) is 16.5. The molecule has 0 radical (unpaired) electrons. The molecule has 0 aliphatic carbocycles. The molecule has 1 aromatic rings. The lowest BCUT2D eigenvalue weighted by Crippen LogP contribution is -2.50. The van der Waals surface area contributed by atoms with Crippen molar-refractivity contribution in [1.82, 2.24) is 9.80 Å². The standard InChI is InChI=1S/C17H23FN2O2/c1-2-5-16(21)19-10-12-20(13-11-19)17(22)9-8-14-6-3-4-7-15(14)18/h3-4,6-7H,2,5,8-13H2,1H3. The summed E-state index contributed by atoms with van der Waals surface area (Å²) in [5, 5.41) is 0. The van der Waals surface area contributed by atoms with Crippen LogP contribution in [-0.2, 0) is 16.0 Å². The van der Waals surface area contributed by atoms with Crippen molar-refractivity contribution in [2.24, 2.45) is 0 Å². The maximum Gasteiger partial charge on any atom is 0.223 e. The number of hydrogen-bond acceptors (Lipinski definition) is 2. The fraction of sp³-hybridized carbons (Fsp3) is 0.529. The largest absolute Gasteiger partial charge is 0.339 e. The lowest BCUT2D eigenvalue weighted by Gasteiger charge is -2.35. The highest BCUT2D eigenvalue weighted by Crippen LogP contribution is 2.11.